The van der Waals surface area contributed by atoms with Gasteiger partial charge in [0, 0.05) is 0 Å². The molecule has 0 aliphatic heterocycles. The average Bonchev–Trinajstić information content (AvgIpc) is 2.86. The van der Waals surface area contributed by atoms with E-state index in [0.29, 0.717) is 29.6 Å². The summed E-state index contributed by atoms with van der Waals surface area (Å²) in [5.41, 5.74) is 8.49. The number of allylic oxidation sites excluding steroid dienone is 4. The van der Waals surface area contributed by atoms with Crippen molar-refractivity contribution in [2.75, 3.05) is 0 Å². The van der Waals surface area contributed by atoms with E-state index in [9.17, 15) is 0 Å². The van der Waals surface area contributed by atoms with Gasteiger partial charge in [-0.25, -0.2) is 0 Å². The molecular weight excluding hydrogens is 479 g/mol. The van der Waals surface area contributed by atoms with Crippen LogP contribution in [-0.2, 0) is 20.4 Å². The minimum Gasteiger partial charge on any atom is -1.00 e. The van der Waals surface area contributed by atoms with E-state index >= 15 is 0 Å². The maximum Gasteiger partial charge on any atom is -1.00 e. The first-order chi connectivity index (χ1) is 13.3. The van der Waals surface area contributed by atoms with Crippen LogP contribution in [0.5, 0.6) is 0 Å². The van der Waals surface area contributed by atoms with Gasteiger partial charge in [0.1, 0.15) is 0 Å². The number of halogens is 3. The Bertz CT molecular complexity index is 857. The van der Waals surface area contributed by atoms with E-state index in [4.69, 9.17) is 0 Å². The van der Waals surface area contributed by atoms with Crippen molar-refractivity contribution in [1.29, 1.82) is 0 Å². The van der Waals surface area contributed by atoms with Gasteiger partial charge in [0.2, 0.25) is 0 Å². The van der Waals surface area contributed by atoms with Crippen molar-refractivity contribution in [2.45, 2.75) is 44.8 Å². The molecule has 0 amide bonds. The third-order valence-corrected chi connectivity index (χ3v) is 8.27. The first-order valence-corrected chi connectivity index (χ1v) is 11.5. The summed E-state index contributed by atoms with van der Waals surface area (Å²) >= 11 is 2.46. The van der Waals surface area contributed by atoms with Crippen LogP contribution in [0.15, 0.2) is 60.7 Å². The normalized spacial score (nSPS) is 26.0. The number of hydrogen-bond donors (Lipinski definition) is 0. The molecule has 0 radical (unpaired) electrons. The number of hydrogen-bond acceptors (Lipinski definition) is 0. The molecule has 0 bridgehead atoms. The first-order valence-electron chi connectivity index (χ1n) is 10.6. The van der Waals surface area contributed by atoms with Crippen molar-refractivity contribution >= 4 is 0 Å². The summed E-state index contributed by atoms with van der Waals surface area (Å²) in [5, 5.41) is 0. The molecule has 164 valence electrons. The van der Waals surface area contributed by atoms with Gasteiger partial charge >= 0.3 is 183 Å². The van der Waals surface area contributed by atoms with Gasteiger partial charge in [0.25, 0.3) is 0 Å². The molecule has 1 saturated carbocycles. The van der Waals surface area contributed by atoms with Gasteiger partial charge in [-0.15, -0.1) is 0 Å². The van der Waals surface area contributed by atoms with Gasteiger partial charge in [0.05, 0.1) is 0 Å². The van der Waals surface area contributed by atoms with Crippen molar-refractivity contribution < 1.29 is 57.7 Å². The van der Waals surface area contributed by atoms with E-state index in [1.54, 1.807) is 0 Å². The van der Waals surface area contributed by atoms with Crippen LogP contribution in [0.4, 0.5) is 0 Å². The summed E-state index contributed by atoms with van der Waals surface area (Å²) in [4.78, 5) is 0. The van der Waals surface area contributed by atoms with Crippen molar-refractivity contribution in [3.63, 3.8) is 0 Å². The Morgan fingerprint density at radius 1 is 0.645 bits per heavy atom. The van der Waals surface area contributed by atoms with E-state index in [1.807, 2.05) is 0 Å². The van der Waals surface area contributed by atoms with Crippen LogP contribution in [0.3, 0.4) is 0 Å². The van der Waals surface area contributed by atoms with E-state index in [-0.39, 0.29) is 37.2 Å². The fourth-order valence-electron chi connectivity index (χ4n) is 5.87. The zero-order chi connectivity index (χ0) is 20.0. The number of rotatable bonds is 3. The minimum absolute atomic E-state index is 0. The molecule has 0 aromatic heterocycles. The monoisotopic (exact) mass is 508 g/mol. The maximum atomic E-state index is 2.49. The third-order valence-electron chi connectivity index (χ3n) is 6.85. The average molecular weight is 510 g/mol. The summed E-state index contributed by atoms with van der Waals surface area (Å²) < 4.78 is 0.718. The molecule has 31 heavy (non-hydrogen) atoms. The standard InChI is InChI=1S/C27H31.3ClH.Ti/c1-17-10-18(2)13-23(12-17)27(24-14-19(3)11-20(4)15-24)26-21(5)16-22-8-6-7-9-25(22)26;;;;/h6-16,21-22,25-27H,1-5H3;3*1H;/q;;;;+3/p-3. The SMILES string of the molecule is Cc1cc(C)cc(C(c2cc(C)cc(C)c2)C2C(C)[CH]([Ti+3])C3C=CC=CC32)c1.[Cl-].[Cl-].[Cl-]. The Hall–Kier alpha value is -0.496. The van der Waals surface area contributed by atoms with E-state index in [1.165, 1.54) is 33.4 Å². The minimum atomic E-state index is 0. The van der Waals surface area contributed by atoms with Crippen molar-refractivity contribution in [3.05, 3.63) is 94.1 Å². The topological polar surface area (TPSA) is 0 Å². The van der Waals surface area contributed by atoms with Crippen molar-refractivity contribution in [2.24, 2.45) is 23.7 Å². The summed E-state index contributed by atoms with van der Waals surface area (Å²) in [5.74, 6) is 3.06. The maximum absolute atomic E-state index is 2.49. The van der Waals surface area contributed by atoms with Crippen LogP contribution in [-0.4, -0.2) is 0 Å². The molecule has 0 spiro atoms. The quantitative estimate of drug-likeness (QED) is 0.421. The second-order valence-corrected chi connectivity index (χ2v) is 10.2. The summed E-state index contributed by atoms with van der Waals surface area (Å²) in [6, 6.07) is 14.3. The van der Waals surface area contributed by atoms with E-state index in [2.05, 4.69) is 116 Å². The smallest absolute Gasteiger partial charge is 1.00 e. The van der Waals surface area contributed by atoms with Gasteiger partial charge in [-0.1, -0.05) is 0 Å². The van der Waals surface area contributed by atoms with Crippen LogP contribution in [0.25, 0.3) is 0 Å². The Morgan fingerprint density at radius 3 is 1.45 bits per heavy atom. The molecule has 0 nitrogen and oxygen atoms in total. The second kappa shape index (κ2) is 11.6. The zero-order valence-corrected chi connectivity index (χ0v) is 22.7. The first kappa shape index (κ1) is 28.5. The summed E-state index contributed by atoms with van der Waals surface area (Å²) in [6.07, 6.45) is 9.49. The van der Waals surface area contributed by atoms with Crippen LogP contribution in [0, 0.1) is 51.4 Å². The largest absolute Gasteiger partial charge is 1.00 e. The second-order valence-electron chi connectivity index (χ2n) is 9.21. The molecule has 0 N–H and O–H groups in total. The van der Waals surface area contributed by atoms with E-state index < -0.39 is 0 Å². The molecule has 4 rings (SSSR count). The number of benzene rings is 2. The van der Waals surface area contributed by atoms with Crippen LogP contribution in [0.2, 0.25) is 4.22 Å². The third kappa shape index (κ3) is 5.71. The molecule has 1 fully saturated rings. The number of aryl methyl sites for hydroxylation is 4. The molecule has 5 unspecified atom stereocenters. The van der Waals surface area contributed by atoms with Crippen molar-refractivity contribution in [1.82, 2.24) is 0 Å². The molecule has 0 heterocycles. The van der Waals surface area contributed by atoms with Gasteiger partial charge in [-0.3, -0.25) is 0 Å². The van der Waals surface area contributed by atoms with Crippen LogP contribution in [0.1, 0.15) is 46.2 Å². The Balaban J connectivity index is 0.00000160. The fourth-order valence-corrected chi connectivity index (χ4v) is 6.74. The van der Waals surface area contributed by atoms with Crippen LogP contribution < -0.4 is 37.2 Å². The molecule has 2 aliphatic rings. The Morgan fingerprint density at radius 2 is 1.03 bits per heavy atom. The molecule has 5 atom stereocenters. The number of fused-ring (bicyclic) bond motifs is 1. The molecular formula is C27H31Cl3Ti. The fraction of sp³-hybridized carbons (Fsp3) is 0.407. The Kier molecular flexibility index (Phi) is 10.7. The van der Waals surface area contributed by atoms with Gasteiger partial charge in [-0.2, -0.15) is 0 Å². The molecule has 0 saturated heterocycles. The van der Waals surface area contributed by atoms with Crippen LogP contribution >= 0.6 is 0 Å². The van der Waals surface area contributed by atoms with Gasteiger partial charge in [0.15, 0.2) is 0 Å². The predicted molar refractivity (Wildman–Crippen MR) is 115 cm³/mol. The van der Waals surface area contributed by atoms with Gasteiger partial charge in [-0.05, 0) is 0 Å². The van der Waals surface area contributed by atoms with Gasteiger partial charge < -0.3 is 37.2 Å². The molecule has 4 heteroatoms. The summed E-state index contributed by atoms with van der Waals surface area (Å²) in [6.45, 7) is 11.4. The Labute approximate surface area is 219 Å². The van der Waals surface area contributed by atoms with Crippen molar-refractivity contribution in [3.8, 4) is 0 Å². The van der Waals surface area contributed by atoms with E-state index in [0.717, 1.165) is 4.22 Å². The molecule has 2 aliphatic carbocycles. The zero-order valence-electron chi connectivity index (χ0n) is 18.9. The molecule has 2 aromatic carbocycles. The summed E-state index contributed by atoms with van der Waals surface area (Å²) in [7, 11) is 0. The molecule has 2 aromatic rings. The predicted octanol–water partition coefficient (Wildman–Crippen LogP) is -1.98.